The van der Waals surface area contributed by atoms with E-state index in [1.807, 2.05) is 0 Å². The summed E-state index contributed by atoms with van der Waals surface area (Å²) in [6.07, 6.45) is 14.8. The first-order valence-electron chi connectivity index (χ1n) is 12.8. The molecule has 0 aromatic rings. The van der Waals surface area contributed by atoms with Crippen LogP contribution in [0.5, 0.6) is 0 Å². The third-order valence-electron chi connectivity index (χ3n) is 8.97. The monoisotopic (exact) mass is 430 g/mol. The number of rotatable bonds is 8. The van der Waals surface area contributed by atoms with Crippen molar-refractivity contribution in [2.24, 2.45) is 23.2 Å². The van der Waals surface area contributed by atoms with Gasteiger partial charge in [0.1, 0.15) is 0 Å². The maximum absolute atomic E-state index is 10.1. The van der Waals surface area contributed by atoms with Gasteiger partial charge in [0.15, 0.2) is 0 Å². The van der Waals surface area contributed by atoms with Gasteiger partial charge in [0.2, 0.25) is 0 Å². The summed E-state index contributed by atoms with van der Waals surface area (Å²) in [7, 11) is 0. The fourth-order valence-corrected chi connectivity index (χ4v) is 6.71. The third kappa shape index (κ3) is 5.54. The zero-order valence-corrected chi connectivity index (χ0v) is 20.4. The first-order valence-corrected chi connectivity index (χ1v) is 12.8. The molecule has 0 radical (unpaired) electrons. The van der Waals surface area contributed by atoms with Crippen LogP contribution in [0.1, 0.15) is 91.9 Å². The van der Waals surface area contributed by atoms with Crippen molar-refractivity contribution in [3.05, 3.63) is 35.5 Å². The van der Waals surface area contributed by atoms with Crippen LogP contribution in [0, 0.1) is 23.2 Å². The van der Waals surface area contributed by atoms with Crippen LogP contribution in [0.25, 0.3) is 0 Å². The topological polar surface area (TPSA) is 49.7 Å². The Morgan fingerprint density at radius 2 is 1.81 bits per heavy atom. The van der Waals surface area contributed by atoms with E-state index in [1.165, 1.54) is 51.4 Å². The molecule has 3 aliphatic carbocycles. The highest BCUT2D eigenvalue weighted by Crippen LogP contribution is 2.58. The van der Waals surface area contributed by atoms with E-state index in [9.17, 15) is 10.2 Å². The van der Waals surface area contributed by atoms with Crippen molar-refractivity contribution in [2.45, 2.75) is 110 Å². The van der Waals surface area contributed by atoms with Gasteiger partial charge in [-0.15, -0.1) is 0 Å². The predicted octanol–water partition coefficient (Wildman–Crippen LogP) is 6.36. The number of aliphatic hydroxyl groups is 2. The lowest BCUT2D eigenvalue weighted by atomic mass is 9.62. The minimum atomic E-state index is -0.612. The Balaban J connectivity index is 1.64. The van der Waals surface area contributed by atoms with Crippen LogP contribution in [-0.4, -0.2) is 35.1 Å². The fourth-order valence-electron chi connectivity index (χ4n) is 6.71. The van der Waals surface area contributed by atoms with Crippen molar-refractivity contribution in [1.82, 2.24) is 0 Å². The molecule has 3 heteroatoms. The molecule has 0 spiro atoms. The van der Waals surface area contributed by atoms with E-state index >= 15 is 0 Å². The average Bonchev–Trinajstić information content (AvgIpc) is 3.11. The number of aliphatic hydroxyl groups excluding tert-OH is 2. The van der Waals surface area contributed by atoms with E-state index in [0.29, 0.717) is 41.8 Å². The fraction of sp³-hybridized carbons (Fsp3) is 0.786. The number of hydrogen-bond donors (Lipinski definition) is 2. The van der Waals surface area contributed by atoms with Crippen LogP contribution in [0.3, 0.4) is 0 Å². The Labute approximate surface area is 190 Å². The van der Waals surface area contributed by atoms with E-state index < -0.39 is 12.2 Å². The van der Waals surface area contributed by atoms with Gasteiger partial charge < -0.3 is 14.9 Å². The molecule has 0 heterocycles. The normalized spacial score (nSPS) is 36.2. The second kappa shape index (κ2) is 10.8. The summed E-state index contributed by atoms with van der Waals surface area (Å²) < 4.78 is 6.40. The highest BCUT2D eigenvalue weighted by molar-refractivity contribution is 5.29. The largest absolute Gasteiger partial charge is 0.388 e. The highest BCUT2D eigenvalue weighted by atomic mass is 16.5. The van der Waals surface area contributed by atoms with Crippen LogP contribution < -0.4 is 0 Å². The summed E-state index contributed by atoms with van der Waals surface area (Å²) in [6.45, 7) is 14.1. The lowest BCUT2D eigenvalue weighted by Crippen LogP contribution is -2.38. The number of ether oxygens (including phenoxy) is 1. The van der Waals surface area contributed by atoms with Crippen LogP contribution in [0.15, 0.2) is 35.5 Å². The smallest absolute Gasteiger partial charge is 0.0809 e. The van der Waals surface area contributed by atoms with Gasteiger partial charge in [-0.3, -0.25) is 0 Å². The first-order chi connectivity index (χ1) is 14.8. The van der Waals surface area contributed by atoms with Gasteiger partial charge in [-0.25, -0.2) is 0 Å². The second-order valence-electron chi connectivity index (χ2n) is 10.7. The molecule has 3 rings (SSSR count). The molecule has 0 bridgehead atoms. The maximum Gasteiger partial charge on any atom is 0.0809 e. The summed E-state index contributed by atoms with van der Waals surface area (Å²) in [6, 6.07) is 0. The van der Waals surface area contributed by atoms with Crippen LogP contribution in [-0.2, 0) is 4.74 Å². The molecule has 0 aromatic heterocycles. The van der Waals surface area contributed by atoms with Gasteiger partial charge in [-0.1, -0.05) is 63.5 Å². The summed E-state index contributed by atoms with van der Waals surface area (Å²) in [5, 5.41) is 20.3. The zero-order chi connectivity index (χ0) is 22.6. The minimum Gasteiger partial charge on any atom is -0.388 e. The van der Waals surface area contributed by atoms with Crippen LogP contribution in [0.2, 0.25) is 0 Å². The molecule has 3 unspecified atom stereocenters. The summed E-state index contributed by atoms with van der Waals surface area (Å²) in [4.78, 5) is 0. The Morgan fingerprint density at radius 1 is 1.13 bits per heavy atom. The van der Waals surface area contributed by atoms with Crippen molar-refractivity contribution >= 4 is 0 Å². The first kappa shape index (κ1) is 24.7. The quantitative estimate of drug-likeness (QED) is 0.441. The number of fused-ring (bicyclic) bond motifs is 1. The molecule has 0 aliphatic heterocycles. The molecule has 3 nitrogen and oxygen atoms in total. The van der Waals surface area contributed by atoms with Gasteiger partial charge in [0.05, 0.1) is 18.3 Å². The van der Waals surface area contributed by atoms with Gasteiger partial charge in [0.25, 0.3) is 0 Å². The van der Waals surface area contributed by atoms with Crippen molar-refractivity contribution in [2.75, 3.05) is 6.61 Å². The van der Waals surface area contributed by atoms with Crippen LogP contribution in [0.4, 0.5) is 0 Å². The Kier molecular flexibility index (Phi) is 8.63. The maximum atomic E-state index is 10.1. The van der Waals surface area contributed by atoms with Gasteiger partial charge >= 0.3 is 0 Å². The Bertz CT molecular complexity index is 658. The second-order valence-corrected chi connectivity index (χ2v) is 10.7. The summed E-state index contributed by atoms with van der Waals surface area (Å²) in [5.41, 5.74) is 3.60. The Morgan fingerprint density at radius 3 is 2.45 bits per heavy atom. The average molecular weight is 431 g/mol. The predicted molar refractivity (Wildman–Crippen MR) is 129 cm³/mol. The van der Waals surface area contributed by atoms with Crippen molar-refractivity contribution in [3.8, 4) is 0 Å². The van der Waals surface area contributed by atoms with Gasteiger partial charge in [-0.05, 0) is 87.0 Å². The lowest BCUT2D eigenvalue weighted by Gasteiger charge is -2.44. The zero-order valence-electron chi connectivity index (χ0n) is 20.4. The minimum absolute atomic E-state index is 0.330. The van der Waals surface area contributed by atoms with E-state index in [1.54, 1.807) is 5.57 Å². The van der Waals surface area contributed by atoms with Gasteiger partial charge in [-0.2, -0.15) is 0 Å². The van der Waals surface area contributed by atoms with Gasteiger partial charge in [0, 0.05) is 6.61 Å². The molecular formula is C28H46O3. The van der Waals surface area contributed by atoms with E-state index in [4.69, 9.17) is 4.74 Å². The van der Waals surface area contributed by atoms with E-state index in [0.717, 1.165) is 18.1 Å². The molecule has 3 aliphatic rings. The molecule has 176 valence electrons. The van der Waals surface area contributed by atoms with Crippen LogP contribution >= 0.6 is 0 Å². The standard InChI is InChI=1S/C28H46O3/c1-6-21(7-2)14-16-31-20(4)24-12-13-25-23(9-8-15-28(24,25)5)11-10-22-17-26(29)19(3)27(30)18-22/h10-11,20-21,24-27,29-30H,3,6-9,12-18H2,1-2,4-5H3/b23-11+/t20-,24?,25?,26-,27-,28?/m1/s1. The Hall–Kier alpha value is -0.900. The number of allylic oxidation sites excluding steroid dienone is 3. The molecule has 0 amide bonds. The summed E-state index contributed by atoms with van der Waals surface area (Å²) >= 11 is 0. The van der Waals surface area contributed by atoms with Crippen molar-refractivity contribution in [1.29, 1.82) is 0 Å². The highest BCUT2D eigenvalue weighted by Gasteiger charge is 2.51. The molecule has 0 saturated heterocycles. The van der Waals surface area contributed by atoms with E-state index in [2.05, 4.69) is 46.4 Å². The third-order valence-corrected chi connectivity index (χ3v) is 8.97. The molecule has 31 heavy (non-hydrogen) atoms. The molecule has 6 atom stereocenters. The summed E-state index contributed by atoms with van der Waals surface area (Å²) in [5.74, 6) is 2.07. The number of hydrogen-bond acceptors (Lipinski definition) is 3. The molecular weight excluding hydrogens is 384 g/mol. The van der Waals surface area contributed by atoms with Crippen molar-refractivity contribution in [3.63, 3.8) is 0 Å². The molecule has 3 saturated carbocycles. The molecule has 2 N–H and O–H groups in total. The van der Waals surface area contributed by atoms with E-state index in [-0.39, 0.29) is 0 Å². The van der Waals surface area contributed by atoms with Crippen molar-refractivity contribution < 1.29 is 14.9 Å². The molecule has 3 fully saturated rings. The lowest BCUT2D eigenvalue weighted by molar-refractivity contribution is -0.0291. The molecule has 0 aromatic carbocycles. The SMILES string of the molecule is C=C1[C@H](O)CC(=C/C=C2\CCCC3(C)C2CCC3[C@@H](C)OCCC(CC)CC)C[C@H]1O.